The number of amides is 1. The molecule has 6 nitrogen and oxygen atoms in total. The van der Waals surface area contributed by atoms with Crippen LogP contribution in [0.5, 0.6) is 0 Å². The van der Waals surface area contributed by atoms with Crippen LogP contribution in [-0.2, 0) is 14.3 Å². The van der Waals surface area contributed by atoms with Crippen molar-refractivity contribution in [3.8, 4) is 0 Å². The van der Waals surface area contributed by atoms with Crippen LogP contribution in [0.2, 0.25) is 0 Å². The van der Waals surface area contributed by atoms with E-state index < -0.39 is 40.7 Å². The van der Waals surface area contributed by atoms with Crippen molar-refractivity contribution in [3.63, 3.8) is 0 Å². The third-order valence-electron chi connectivity index (χ3n) is 4.93. The van der Waals surface area contributed by atoms with Gasteiger partial charge in [0.1, 0.15) is 34.2 Å². The Labute approximate surface area is 155 Å². The third-order valence-corrected chi connectivity index (χ3v) is 4.93. The molecule has 1 aliphatic heterocycles. The zero-order chi connectivity index (χ0) is 20.4. The number of methoxy groups -OCH3 is 1. The Balaban J connectivity index is 2.64. The third kappa shape index (κ3) is 3.43. The zero-order valence-corrected chi connectivity index (χ0v) is 15.6. The monoisotopic (exact) mass is 380 g/mol. The number of aliphatic hydroxyl groups is 1. The fourth-order valence-electron chi connectivity index (χ4n) is 3.21. The number of hydrogen-bond acceptors (Lipinski definition) is 5. The highest BCUT2D eigenvalue weighted by Gasteiger charge is 2.48. The second-order valence-electron chi connectivity index (χ2n) is 6.25. The van der Waals surface area contributed by atoms with Gasteiger partial charge in [0, 0.05) is 5.56 Å². The summed E-state index contributed by atoms with van der Waals surface area (Å²) in [7, 11) is 1.12. The van der Waals surface area contributed by atoms with Crippen LogP contribution in [0, 0.1) is 17.0 Å². The number of hydrogen-bond donors (Lipinski definition) is 2. The molecule has 0 aliphatic carbocycles. The zero-order valence-electron chi connectivity index (χ0n) is 15.6. The second-order valence-corrected chi connectivity index (χ2v) is 6.25. The van der Waals surface area contributed by atoms with Gasteiger partial charge in [0.05, 0.1) is 13.2 Å². The Kier molecular flexibility index (Phi) is 5.98. The average Bonchev–Trinajstić information content (AvgIpc) is 2.62. The first-order chi connectivity index (χ1) is 12.7. The lowest BCUT2D eigenvalue weighted by molar-refractivity contribution is -0.136. The molecular weight excluding hydrogens is 358 g/mol. The highest BCUT2D eigenvalue weighted by Crippen LogP contribution is 2.39. The van der Waals surface area contributed by atoms with Crippen molar-refractivity contribution in [1.29, 1.82) is 0 Å². The summed E-state index contributed by atoms with van der Waals surface area (Å²) in [4.78, 5) is 29.0. The van der Waals surface area contributed by atoms with Gasteiger partial charge in [0.25, 0.3) is 0 Å². The fourth-order valence-corrected chi connectivity index (χ4v) is 3.21. The number of carbonyl (C=O) groups is 2. The predicted molar refractivity (Wildman–Crippen MR) is 95.0 cm³/mol. The van der Waals surface area contributed by atoms with Gasteiger partial charge in [-0.2, -0.15) is 0 Å². The van der Waals surface area contributed by atoms with E-state index in [0.717, 1.165) is 19.2 Å². The minimum Gasteiger partial charge on any atom is -0.510 e. The Morgan fingerprint density at radius 2 is 1.85 bits per heavy atom. The number of aliphatic hydroxyl groups excluding tert-OH is 1. The quantitative estimate of drug-likeness (QED) is 0.767. The number of carbonyl (C=O) groups excluding carboxylic acids is 2. The van der Waals surface area contributed by atoms with E-state index >= 15 is 0 Å². The van der Waals surface area contributed by atoms with Crippen LogP contribution < -0.4 is 5.32 Å². The number of rotatable bonds is 5. The number of ether oxygens (including phenoxy) is 1. The van der Waals surface area contributed by atoms with Gasteiger partial charge in [-0.25, -0.2) is 13.6 Å². The number of nitrogens with one attached hydrogen (secondary N) is 1. The van der Waals surface area contributed by atoms with Crippen molar-refractivity contribution in [1.82, 2.24) is 5.32 Å². The number of aliphatic imine (C=N–C) groups is 1. The molecule has 0 spiro atoms. The van der Waals surface area contributed by atoms with Gasteiger partial charge < -0.3 is 15.2 Å². The molecule has 1 amide bonds. The summed E-state index contributed by atoms with van der Waals surface area (Å²) in [6.07, 6.45) is 0.485. The van der Waals surface area contributed by atoms with Crippen LogP contribution in [0.4, 0.5) is 8.78 Å². The molecule has 0 radical (unpaired) electrons. The molecule has 146 valence electrons. The standard InChI is InChI=1S/C19H22F2N2O4/c1-5-19(6-2)15(24)14(17(25)27-4)16(23-18(19)26)22-10(3)13-11(20)8-7-9-12(13)21/h7-10,24H,5-6H2,1-4H3,(H,22,23,26)/t10-/m0/s1. The summed E-state index contributed by atoms with van der Waals surface area (Å²) in [5.74, 6) is -3.80. The summed E-state index contributed by atoms with van der Waals surface area (Å²) in [6, 6.07) is 2.33. The maximum Gasteiger partial charge on any atom is 0.345 e. The van der Waals surface area contributed by atoms with Crippen molar-refractivity contribution in [2.24, 2.45) is 10.4 Å². The van der Waals surface area contributed by atoms with E-state index in [2.05, 4.69) is 10.3 Å². The molecule has 8 heteroatoms. The Hall–Kier alpha value is -2.77. The summed E-state index contributed by atoms with van der Waals surface area (Å²) in [5, 5.41) is 13.2. The van der Waals surface area contributed by atoms with E-state index in [1.54, 1.807) is 13.8 Å². The van der Waals surface area contributed by atoms with Crippen LogP contribution in [0.15, 0.2) is 34.5 Å². The van der Waals surface area contributed by atoms with Gasteiger partial charge in [-0.1, -0.05) is 19.9 Å². The van der Waals surface area contributed by atoms with Gasteiger partial charge >= 0.3 is 5.97 Å². The van der Waals surface area contributed by atoms with E-state index in [0.29, 0.717) is 0 Å². The van der Waals surface area contributed by atoms with Crippen LogP contribution in [-0.4, -0.2) is 29.9 Å². The van der Waals surface area contributed by atoms with Crippen molar-refractivity contribution < 1.29 is 28.2 Å². The first-order valence-electron chi connectivity index (χ1n) is 8.59. The number of benzene rings is 1. The molecule has 0 bridgehead atoms. The minimum atomic E-state index is -1.30. The minimum absolute atomic E-state index is 0.242. The van der Waals surface area contributed by atoms with Crippen molar-refractivity contribution in [3.05, 3.63) is 46.7 Å². The number of nitrogens with zero attached hydrogens (tertiary/aromatic N) is 1. The highest BCUT2D eigenvalue weighted by molar-refractivity contribution is 6.26. The van der Waals surface area contributed by atoms with Gasteiger partial charge in [0.15, 0.2) is 0 Å². The van der Waals surface area contributed by atoms with Crippen molar-refractivity contribution in [2.45, 2.75) is 39.7 Å². The maximum atomic E-state index is 14.0. The van der Waals surface area contributed by atoms with Gasteiger partial charge in [-0.05, 0) is 31.9 Å². The Morgan fingerprint density at radius 3 is 2.33 bits per heavy atom. The van der Waals surface area contributed by atoms with Gasteiger partial charge in [-0.15, -0.1) is 0 Å². The maximum absolute atomic E-state index is 14.0. The van der Waals surface area contributed by atoms with Crippen LogP contribution in [0.25, 0.3) is 0 Å². The topological polar surface area (TPSA) is 88.0 Å². The molecule has 1 heterocycles. The molecule has 2 N–H and O–H groups in total. The predicted octanol–water partition coefficient (Wildman–Crippen LogP) is 3.35. The normalized spacial score (nSPS) is 19.0. The molecule has 1 aliphatic rings. The molecule has 0 saturated carbocycles. The molecule has 27 heavy (non-hydrogen) atoms. The average molecular weight is 380 g/mol. The lowest BCUT2D eigenvalue weighted by atomic mass is 9.75. The van der Waals surface area contributed by atoms with E-state index in [9.17, 15) is 23.5 Å². The summed E-state index contributed by atoms with van der Waals surface area (Å²) < 4.78 is 32.7. The smallest absolute Gasteiger partial charge is 0.345 e. The van der Waals surface area contributed by atoms with Crippen molar-refractivity contribution >= 4 is 17.7 Å². The number of amidine groups is 1. The molecule has 1 aromatic rings. The molecule has 1 atom stereocenters. The fraction of sp³-hybridized carbons (Fsp3) is 0.421. The molecular formula is C19H22F2N2O4. The molecule has 2 rings (SSSR count). The van der Waals surface area contributed by atoms with Crippen LogP contribution in [0.3, 0.4) is 0 Å². The van der Waals surface area contributed by atoms with Crippen LogP contribution in [0.1, 0.15) is 45.2 Å². The Bertz CT molecular complexity index is 809. The number of halogens is 2. The van der Waals surface area contributed by atoms with E-state index in [1.165, 1.54) is 13.0 Å². The molecule has 1 aromatic carbocycles. The van der Waals surface area contributed by atoms with Gasteiger partial charge in [-0.3, -0.25) is 9.79 Å². The lowest BCUT2D eigenvalue weighted by Gasteiger charge is -2.35. The molecule has 0 fully saturated rings. The second kappa shape index (κ2) is 7.85. The first kappa shape index (κ1) is 20.5. The summed E-state index contributed by atoms with van der Waals surface area (Å²) in [5.41, 5.74) is -1.93. The molecule has 0 saturated heterocycles. The summed E-state index contributed by atoms with van der Waals surface area (Å²) in [6.45, 7) is 4.81. The van der Waals surface area contributed by atoms with E-state index in [4.69, 9.17) is 4.74 Å². The first-order valence-corrected chi connectivity index (χ1v) is 8.59. The van der Waals surface area contributed by atoms with E-state index in [1.807, 2.05) is 0 Å². The highest BCUT2D eigenvalue weighted by atomic mass is 19.1. The summed E-state index contributed by atoms with van der Waals surface area (Å²) >= 11 is 0. The number of esters is 1. The molecule has 0 aromatic heterocycles. The van der Waals surface area contributed by atoms with E-state index in [-0.39, 0.29) is 29.8 Å². The van der Waals surface area contributed by atoms with Gasteiger partial charge in [0.2, 0.25) is 5.91 Å². The largest absolute Gasteiger partial charge is 0.510 e. The Morgan fingerprint density at radius 1 is 1.30 bits per heavy atom. The van der Waals surface area contributed by atoms with Crippen molar-refractivity contribution in [2.75, 3.05) is 7.11 Å². The lowest BCUT2D eigenvalue weighted by Crippen LogP contribution is -2.51. The molecule has 0 unspecified atom stereocenters. The SMILES string of the molecule is CCC1(CC)C(=O)NC(=N[C@@H](C)c2c(F)cccc2F)C(C(=O)OC)=C1O. The van der Waals surface area contributed by atoms with Crippen LogP contribution >= 0.6 is 0 Å².